The van der Waals surface area contributed by atoms with Gasteiger partial charge in [0.25, 0.3) is 0 Å². The summed E-state index contributed by atoms with van der Waals surface area (Å²) in [5, 5.41) is 2.63. The summed E-state index contributed by atoms with van der Waals surface area (Å²) in [5.41, 5.74) is 0.786. The average molecular weight is 270 g/mol. The summed E-state index contributed by atoms with van der Waals surface area (Å²) >= 11 is 0. The first kappa shape index (κ1) is 14.1. The molecule has 4 nitrogen and oxygen atoms in total. The summed E-state index contributed by atoms with van der Waals surface area (Å²) in [6.45, 7) is 2.03. The van der Waals surface area contributed by atoms with Crippen LogP contribution in [0, 0.1) is 12.3 Å². The van der Waals surface area contributed by atoms with Gasteiger partial charge in [0, 0.05) is 0 Å². The highest BCUT2D eigenvalue weighted by Crippen LogP contribution is 2.27. The monoisotopic (exact) mass is 270 g/mol. The number of hydrogen-bond acceptors (Lipinski definition) is 2. The topological polar surface area (TPSA) is 49.4 Å². The predicted octanol–water partition coefficient (Wildman–Crippen LogP) is 1.49. The van der Waals surface area contributed by atoms with Crippen LogP contribution < -0.4 is 5.32 Å². The molecule has 1 fully saturated rings. The molecule has 1 aliphatic heterocycles. The third-order valence-corrected chi connectivity index (χ3v) is 3.43. The van der Waals surface area contributed by atoms with Gasteiger partial charge >= 0.3 is 0 Å². The Kier molecular flexibility index (Phi) is 4.41. The Balaban J connectivity index is 2.40. The molecule has 1 saturated heterocycles. The van der Waals surface area contributed by atoms with Crippen LogP contribution >= 0.6 is 0 Å². The molecule has 20 heavy (non-hydrogen) atoms. The first-order valence-corrected chi connectivity index (χ1v) is 6.79. The molecule has 0 saturated carbocycles. The molecule has 104 valence electrons. The van der Waals surface area contributed by atoms with Crippen LogP contribution in [0.3, 0.4) is 0 Å². The summed E-state index contributed by atoms with van der Waals surface area (Å²) in [5.74, 6) is 2.34. The fourth-order valence-electron chi connectivity index (χ4n) is 2.50. The molecule has 4 heteroatoms. The third kappa shape index (κ3) is 2.67. The van der Waals surface area contributed by atoms with Gasteiger partial charge in [-0.15, -0.1) is 6.42 Å². The number of terminal acetylenes is 1. The predicted molar refractivity (Wildman–Crippen MR) is 76.6 cm³/mol. The number of amides is 2. The first-order valence-electron chi connectivity index (χ1n) is 6.79. The van der Waals surface area contributed by atoms with Crippen molar-refractivity contribution in [3.8, 4) is 12.3 Å². The van der Waals surface area contributed by atoms with Gasteiger partial charge in [0.05, 0.1) is 12.6 Å². The van der Waals surface area contributed by atoms with Crippen molar-refractivity contribution in [1.82, 2.24) is 10.2 Å². The lowest BCUT2D eigenvalue weighted by Crippen LogP contribution is -2.56. The van der Waals surface area contributed by atoms with E-state index in [1.807, 2.05) is 37.3 Å². The molecular weight excluding hydrogens is 252 g/mol. The normalized spacial score (nSPS) is 20.2. The van der Waals surface area contributed by atoms with E-state index in [0.717, 1.165) is 12.0 Å². The highest BCUT2D eigenvalue weighted by atomic mass is 16.2. The first-order chi connectivity index (χ1) is 9.69. The molecule has 2 atom stereocenters. The van der Waals surface area contributed by atoms with Gasteiger partial charge in [-0.25, -0.2) is 0 Å². The van der Waals surface area contributed by atoms with E-state index in [1.165, 1.54) is 0 Å². The van der Waals surface area contributed by atoms with Crippen LogP contribution in [-0.4, -0.2) is 29.3 Å². The summed E-state index contributed by atoms with van der Waals surface area (Å²) in [7, 11) is 0. The van der Waals surface area contributed by atoms with Crippen molar-refractivity contribution < 1.29 is 9.59 Å². The molecule has 1 heterocycles. The number of nitrogens with zero attached hydrogens (tertiary/aromatic N) is 1. The van der Waals surface area contributed by atoms with Crippen molar-refractivity contribution in [3.63, 3.8) is 0 Å². The summed E-state index contributed by atoms with van der Waals surface area (Å²) in [6.07, 6.45) is 7.12. The quantitative estimate of drug-likeness (QED) is 0.843. The van der Waals surface area contributed by atoms with Crippen LogP contribution in [0.25, 0.3) is 0 Å². The van der Waals surface area contributed by atoms with Gasteiger partial charge in [-0.2, -0.15) is 0 Å². The van der Waals surface area contributed by atoms with Crippen molar-refractivity contribution in [1.29, 1.82) is 0 Å². The number of piperazine rings is 1. The van der Waals surface area contributed by atoms with Crippen LogP contribution in [-0.2, 0) is 9.59 Å². The van der Waals surface area contributed by atoms with Crippen LogP contribution in [0.5, 0.6) is 0 Å². The molecule has 0 radical (unpaired) electrons. The Bertz CT molecular complexity index is 533. The van der Waals surface area contributed by atoms with Crippen LogP contribution in [0.4, 0.5) is 0 Å². The number of hydrogen-bond donors (Lipinski definition) is 1. The fourth-order valence-corrected chi connectivity index (χ4v) is 2.50. The number of benzene rings is 1. The number of rotatable bonds is 4. The van der Waals surface area contributed by atoms with Gasteiger partial charge in [0.2, 0.25) is 11.8 Å². The van der Waals surface area contributed by atoms with E-state index < -0.39 is 6.04 Å². The van der Waals surface area contributed by atoms with E-state index in [1.54, 1.807) is 4.90 Å². The number of nitrogens with one attached hydrogen (secondary N) is 1. The molecule has 1 aliphatic rings. The largest absolute Gasteiger partial charge is 0.345 e. The lowest BCUT2D eigenvalue weighted by Gasteiger charge is -2.38. The Labute approximate surface area is 119 Å². The summed E-state index contributed by atoms with van der Waals surface area (Å²) in [4.78, 5) is 26.0. The van der Waals surface area contributed by atoms with Gasteiger partial charge in [-0.3, -0.25) is 9.59 Å². The lowest BCUT2D eigenvalue weighted by molar-refractivity contribution is -0.147. The maximum absolute atomic E-state index is 12.2. The Morgan fingerprint density at radius 2 is 2.10 bits per heavy atom. The average Bonchev–Trinajstić information content (AvgIpc) is 2.48. The second kappa shape index (κ2) is 6.25. The Hall–Kier alpha value is -2.28. The molecule has 0 bridgehead atoms. The Morgan fingerprint density at radius 1 is 1.40 bits per heavy atom. The van der Waals surface area contributed by atoms with Gasteiger partial charge in [-0.1, -0.05) is 49.6 Å². The standard InChI is InChI=1S/C16H18N2O2/c1-3-8-13(4-2)18-14(19)11-17-16(20)15(18)12-9-6-5-7-10-12/h2,5-7,9-10,13,15H,3,8,11H2,1H3,(H,17,20). The minimum atomic E-state index is -0.634. The van der Waals surface area contributed by atoms with Crippen molar-refractivity contribution in [2.24, 2.45) is 0 Å². The van der Waals surface area contributed by atoms with Gasteiger partial charge in [0.1, 0.15) is 6.04 Å². The zero-order chi connectivity index (χ0) is 14.5. The van der Waals surface area contributed by atoms with Crippen LogP contribution in [0.15, 0.2) is 30.3 Å². The van der Waals surface area contributed by atoms with E-state index >= 15 is 0 Å². The molecule has 1 aromatic carbocycles. The van der Waals surface area contributed by atoms with E-state index in [9.17, 15) is 9.59 Å². The molecule has 0 spiro atoms. The fraction of sp³-hybridized carbons (Fsp3) is 0.375. The van der Waals surface area contributed by atoms with E-state index in [2.05, 4.69) is 11.2 Å². The smallest absolute Gasteiger partial charge is 0.247 e. The lowest BCUT2D eigenvalue weighted by atomic mass is 9.98. The second-order valence-corrected chi connectivity index (χ2v) is 4.80. The molecule has 1 aromatic rings. The van der Waals surface area contributed by atoms with Gasteiger partial charge < -0.3 is 10.2 Å². The van der Waals surface area contributed by atoms with E-state index in [4.69, 9.17) is 6.42 Å². The molecule has 2 rings (SSSR count). The summed E-state index contributed by atoms with van der Waals surface area (Å²) in [6, 6.07) is 8.29. The molecule has 1 N–H and O–H groups in total. The summed E-state index contributed by atoms with van der Waals surface area (Å²) < 4.78 is 0. The highest BCUT2D eigenvalue weighted by Gasteiger charge is 2.38. The van der Waals surface area contributed by atoms with E-state index in [-0.39, 0.29) is 24.4 Å². The van der Waals surface area contributed by atoms with Gasteiger partial charge in [0.15, 0.2) is 0 Å². The third-order valence-electron chi connectivity index (χ3n) is 3.43. The molecule has 0 aromatic heterocycles. The zero-order valence-electron chi connectivity index (χ0n) is 11.5. The van der Waals surface area contributed by atoms with Crippen molar-refractivity contribution in [2.75, 3.05) is 6.54 Å². The molecule has 2 amide bonds. The van der Waals surface area contributed by atoms with Crippen LogP contribution in [0.2, 0.25) is 0 Å². The van der Waals surface area contributed by atoms with Gasteiger partial charge in [-0.05, 0) is 12.0 Å². The van der Waals surface area contributed by atoms with Crippen molar-refractivity contribution in [3.05, 3.63) is 35.9 Å². The highest BCUT2D eigenvalue weighted by molar-refractivity contribution is 5.95. The van der Waals surface area contributed by atoms with E-state index in [0.29, 0.717) is 6.42 Å². The number of carbonyl (C=O) groups is 2. The maximum Gasteiger partial charge on any atom is 0.247 e. The minimum Gasteiger partial charge on any atom is -0.345 e. The van der Waals surface area contributed by atoms with Crippen molar-refractivity contribution in [2.45, 2.75) is 31.8 Å². The molecular formula is C16H18N2O2. The Morgan fingerprint density at radius 3 is 2.70 bits per heavy atom. The number of carbonyl (C=O) groups excluding carboxylic acids is 2. The second-order valence-electron chi connectivity index (χ2n) is 4.80. The van der Waals surface area contributed by atoms with Crippen molar-refractivity contribution >= 4 is 11.8 Å². The molecule has 0 aliphatic carbocycles. The molecule has 2 unspecified atom stereocenters. The SMILES string of the molecule is C#CC(CCC)N1C(=O)CNC(=O)C1c1ccccc1. The zero-order valence-corrected chi connectivity index (χ0v) is 11.5. The van der Waals surface area contributed by atoms with Crippen LogP contribution in [0.1, 0.15) is 31.4 Å². The maximum atomic E-state index is 12.2. The minimum absolute atomic E-state index is 0.0179.